The van der Waals surface area contributed by atoms with E-state index in [1.54, 1.807) is 6.92 Å². The van der Waals surface area contributed by atoms with Crippen LogP contribution < -0.4 is 0 Å². The summed E-state index contributed by atoms with van der Waals surface area (Å²) in [5.74, 6) is 0.212. The maximum absolute atomic E-state index is 11.1. The number of ketones is 1. The molecule has 2 aromatic rings. The average Bonchev–Trinajstić information content (AvgIpc) is 2.35. The zero-order valence-electron chi connectivity index (χ0n) is 11.1. The van der Waals surface area contributed by atoms with Crippen LogP contribution in [0.5, 0.6) is 0 Å². The van der Waals surface area contributed by atoms with Crippen molar-refractivity contribution in [1.29, 1.82) is 0 Å². The maximum Gasteiger partial charge on any atom is 0.134 e. The second-order valence-electron chi connectivity index (χ2n) is 3.97. The Labute approximate surface area is 103 Å². The van der Waals surface area contributed by atoms with E-state index in [4.69, 9.17) is 0 Å². The summed E-state index contributed by atoms with van der Waals surface area (Å²) in [6.45, 7) is 7.73. The molecule has 2 aromatic carbocycles. The Bertz CT molecular complexity index is 512. The van der Waals surface area contributed by atoms with Crippen LogP contribution in [0.2, 0.25) is 0 Å². The molecule has 0 N–H and O–H groups in total. The molecular formula is C16H20O. The van der Waals surface area contributed by atoms with E-state index in [-0.39, 0.29) is 5.78 Å². The van der Waals surface area contributed by atoms with Crippen molar-refractivity contribution in [3.8, 4) is 0 Å². The van der Waals surface area contributed by atoms with E-state index in [1.807, 2.05) is 26.0 Å². The summed E-state index contributed by atoms with van der Waals surface area (Å²) in [5, 5.41) is 2.45. The Kier molecular flexibility index (Phi) is 4.89. The lowest BCUT2D eigenvalue weighted by molar-refractivity contribution is -0.116. The topological polar surface area (TPSA) is 17.1 Å². The monoisotopic (exact) mass is 228 g/mol. The second-order valence-corrected chi connectivity index (χ2v) is 3.97. The third-order valence-corrected chi connectivity index (χ3v) is 2.67. The van der Waals surface area contributed by atoms with E-state index in [0.717, 1.165) is 5.56 Å². The van der Waals surface area contributed by atoms with E-state index in [1.165, 1.54) is 16.3 Å². The fourth-order valence-electron chi connectivity index (χ4n) is 1.93. The largest absolute Gasteiger partial charge is 0.300 e. The van der Waals surface area contributed by atoms with Crippen molar-refractivity contribution in [1.82, 2.24) is 0 Å². The van der Waals surface area contributed by atoms with Gasteiger partial charge in [0.1, 0.15) is 5.78 Å². The van der Waals surface area contributed by atoms with Crippen LogP contribution in [0.25, 0.3) is 10.8 Å². The van der Waals surface area contributed by atoms with Gasteiger partial charge in [-0.25, -0.2) is 0 Å². The number of hydrogen-bond acceptors (Lipinski definition) is 1. The molecule has 0 saturated heterocycles. The number of carbonyl (C=O) groups is 1. The van der Waals surface area contributed by atoms with Crippen molar-refractivity contribution in [2.24, 2.45) is 0 Å². The lowest BCUT2D eigenvalue weighted by Gasteiger charge is -2.07. The third-order valence-electron chi connectivity index (χ3n) is 2.67. The molecule has 1 heteroatoms. The Hall–Kier alpha value is -1.63. The van der Waals surface area contributed by atoms with Gasteiger partial charge in [0.2, 0.25) is 0 Å². The Balaban J connectivity index is 0.000000686. The minimum absolute atomic E-state index is 0.212. The highest BCUT2D eigenvalue weighted by atomic mass is 16.1. The van der Waals surface area contributed by atoms with Crippen molar-refractivity contribution in [3.63, 3.8) is 0 Å². The first-order chi connectivity index (χ1) is 8.18. The fraction of sp³-hybridized carbons (Fsp3) is 0.312. The molecular weight excluding hydrogens is 208 g/mol. The standard InChI is InChI=1S/C14H14O.C2H6/c1-10-7-8-12(9-11(2)15)14-6-4-3-5-13(10)14;1-2/h3-8H,9H2,1-2H3;1-2H3. The van der Waals surface area contributed by atoms with Gasteiger partial charge in [0.05, 0.1) is 0 Å². The van der Waals surface area contributed by atoms with Gasteiger partial charge in [0, 0.05) is 6.42 Å². The third kappa shape index (κ3) is 3.16. The Morgan fingerprint density at radius 3 is 2.18 bits per heavy atom. The highest BCUT2D eigenvalue weighted by Gasteiger charge is 2.04. The van der Waals surface area contributed by atoms with Crippen molar-refractivity contribution >= 4 is 16.6 Å². The van der Waals surface area contributed by atoms with Crippen LogP contribution in [0.3, 0.4) is 0 Å². The molecule has 0 radical (unpaired) electrons. The summed E-state index contributed by atoms with van der Waals surface area (Å²) >= 11 is 0. The first-order valence-corrected chi connectivity index (χ1v) is 6.15. The average molecular weight is 228 g/mol. The molecule has 17 heavy (non-hydrogen) atoms. The Morgan fingerprint density at radius 2 is 1.59 bits per heavy atom. The van der Waals surface area contributed by atoms with Crippen LogP contribution in [0.1, 0.15) is 31.9 Å². The van der Waals surface area contributed by atoms with E-state index >= 15 is 0 Å². The molecule has 0 unspecified atom stereocenters. The minimum Gasteiger partial charge on any atom is -0.300 e. The lowest BCUT2D eigenvalue weighted by atomic mass is 9.97. The summed E-state index contributed by atoms with van der Waals surface area (Å²) < 4.78 is 0. The van der Waals surface area contributed by atoms with Crippen LogP contribution in [0.4, 0.5) is 0 Å². The summed E-state index contributed by atoms with van der Waals surface area (Å²) in [6, 6.07) is 12.4. The second kappa shape index (κ2) is 6.19. The number of aryl methyl sites for hydroxylation is 1. The quantitative estimate of drug-likeness (QED) is 0.748. The first-order valence-electron chi connectivity index (χ1n) is 6.15. The lowest BCUT2D eigenvalue weighted by Crippen LogP contribution is -1.97. The van der Waals surface area contributed by atoms with Crippen LogP contribution in [0, 0.1) is 6.92 Å². The van der Waals surface area contributed by atoms with Gasteiger partial charge in [0.15, 0.2) is 0 Å². The molecule has 0 amide bonds. The van der Waals surface area contributed by atoms with Crippen molar-refractivity contribution < 1.29 is 4.79 Å². The van der Waals surface area contributed by atoms with Crippen molar-refractivity contribution in [2.45, 2.75) is 34.1 Å². The molecule has 90 valence electrons. The van der Waals surface area contributed by atoms with E-state index < -0.39 is 0 Å². The molecule has 0 atom stereocenters. The summed E-state index contributed by atoms with van der Waals surface area (Å²) in [6.07, 6.45) is 0.529. The van der Waals surface area contributed by atoms with Gasteiger partial charge in [-0.1, -0.05) is 50.2 Å². The predicted octanol–water partition coefficient (Wildman–Crippen LogP) is 4.31. The molecule has 0 aliphatic carbocycles. The van der Waals surface area contributed by atoms with Crippen molar-refractivity contribution in [2.75, 3.05) is 0 Å². The molecule has 0 fully saturated rings. The maximum atomic E-state index is 11.1. The van der Waals surface area contributed by atoms with Gasteiger partial charge in [-0.15, -0.1) is 0 Å². The molecule has 1 nitrogen and oxygen atoms in total. The molecule has 0 aliphatic rings. The van der Waals surface area contributed by atoms with E-state index in [9.17, 15) is 4.79 Å². The summed E-state index contributed by atoms with van der Waals surface area (Å²) in [5.41, 5.74) is 2.39. The first kappa shape index (κ1) is 13.4. The van der Waals surface area contributed by atoms with Gasteiger partial charge in [-0.05, 0) is 35.7 Å². The van der Waals surface area contributed by atoms with E-state index in [2.05, 4.69) is 31.2 Å². The van der Waals surface area contributed by atoms with Crippen LogP contribution in [-0.4, -0.2) is 5.78 Å². The van der Waals surface area contributed by atoms with Crippen molar-refractivity contribution in [3.05, 3.63) is 47.5 Å². The number of hydrogen-bond donors (Lipinski definition) is 0. The van der Waals surface area contributed by atoms with Crippen LogP contribution in [-0.2, 0) is 11.2 Å². The number of Topliss-reactive ketones (excluding diaryl/α,β-unsaturated/α-hetero) is 1. The number of benzene rings is 2. The normalized spacial score (nSPS) is 9.65. The molecule has 0 bridgehead atoms. The zero-order valence-corrected chi connectivity index (χ0v) is 11.1. The highest BCUT2D eigenvalue weighted by Crippen LogP contribution is 2.22. The van der Waals surface area contributed by atoms with Gasteiger partial charge in [-0.3, -0.25) is 4.79 Å². The van der Waals surface area contributed by atoms with Crippen LogP contribution >= 0.6 is 0 Å². The fourth-order valence-corrected chi connectivity index (χ4v) is 1.93. The smallest absolute Gasteiger partial charge is 0.134 e. The number of rotatable bonds is 2. The molecule has 2 rings (SSSR count). The molecule has 0 heterocycles. The molecule has 0 spiro atoms. The predicted molar refractivity (Wildman–Crippen MR) is 74.4 cm³/mol. The SMILES string of the molecule is CC.CC(=O)Cc1ccc(C)c2ccccc12. The molecule has 0 saturated carbocycles. The van der Waals surface area contributed by atoms with Gasteiger partial charge >= 0.3 is 0 Å². The summed E-state index contributed by atoms with van der Waals surface area (Å²) in [7, 11) is 0. The van der Waals surface area contributed by atoms with E-state index in [0.29, 0.717) is 6.42 Å². The minimum atomic E-state index is 0.212. The van der Waals surface area contributed by atoms with Crippen LogP contribution in [0.15, 0.2) is 36.4 Å². The summed E-state index contributed by atoms with van der Waals surface area (Å²) in [4.78, 5) is 11.1. The van der Waals surface area contributed by atoms with Gasteiger partial charge in [0.25, 0.3) is 0 Å². The highest BCUT2D eigenvalue weighted by molar-refractivity contribution is 5.92. The van der Waals surface area contributed by atoms with Gasteiger partial charge < -0.3 is 0 Å². The molecule has 0 aliphatic heterocycles. The number of fused-ring (bicyclic) bond motifs is 1. The Morgan fingerprint density at radius 1 is 1.00 bits per heavy atom. The zero-order chi connectivity index (χ0) is 12.8. The number of carbonyl (C=O) groups excluding carboxylic acids is 1. The van der Waals surface area contributed by atoms with Gasteiger partial charge in [-0.2, -0.15) is 0 Å². The molecule has 0 aromatic heterocycles.